The molecule has 0 bridgehead atoms. The van der Waals surface area contributed by atoms with E-state index in [0.717, 1.165) is 5.56 Å². The van der Waals surface area contributed by atoms with E-state index >= 15 is 0 Å². The zero-order valence-corrected chi connectivity index (χ0v) is 15.2. The zero-order chi connectivity index (χ0) is 18.6. The van der Waals surface area contributed by atoms with Crippen molar-refractivity contribution < 1.29 is 17.6 Å². The maximum atomic E-state index is 13.0. The van der Waals surface area contributed by atoms with Crippen molar-refractivity contribution in [3.05, 3.63) is 65.5 Å². The molecule has 0 aliphatic rings. The maximum Gasteiger partial charge on any atom is 0.253 e. The van der Waals surface area contributed by atoms with Gasteiger partial charge >= 0.3 is 0 Å². The predicted molar refractivity (Wildman–Crippen MR) is 94.1 cm³/mol. The standard InChI is InChI=1S/C18H21FN2O3S/c1-13(2)20-25(23,24)17-6-4-5-15(11-17)18(22)21(3)12-14-7-9-16(19)10-8-14/h4-11,13,20H,12H2,1-3H3. The summed E-state index contributed by atoms with van der Waals surface area (Å²) in [6.45, 7) is 3.74. The monoisotopic (exact) mass is 364 g/mol. The van der Waals surface area contributed by atoms with Crippen molar-refractivity contribution >= 4 is 15.9 Å². The molecule has 2 rings (SSSR count). The summed E-state index contributed by atoms with van der Waals surface area (Å²) >= 11 is 0. The van der Waals surface area contributed by atoms with Crippen LogP contribution in [0.5, 0.6) is 0 Å². The molecule has 1 N–H and O–H groups in total. The fourth-order valence-corrected chi connectivity index (χ4v) is 3.63. The number of nitrogens with zero attached hydrogens (tertiary/aromatic N) is 1. The van der Waals surface area contributed by atoms with Crippen LogP contribution in [-0.4, -0.2) is 32.3 Å². The summed E-state index contributed by atoms with van der Waals surface area (Å²) in [6, 6.07) is 11.5. The van der Waals surface area contributed by atoms with E-state index in [1.807, 2.05) is 0 Å². The van der Waals surface area contributed by atoms with Crippen molar-refractivity contribution in [1.82, 2.24) is 9.62 Å². The number of hydrogen-bond acceptors (Lipinski definition) is 3. The molecule has 0 unspecified atom stereocenters. The second kappa shape index (κ2) is 7.76. The quantitative estimate of drug-likeness (QED) is 0.857. The summed E-state index contributed by atoms with van der Waals surface area (Å²) in [6.07, 6.45) is 0. The zero-order valence-electron chi connectivity index (χ0n) is 14.4. The van der Waals surface area contributed by atoms with Gasteiger partial charge in [-0.3, -0.25) is 4.79 Å². The lowest BCUT2D eigenvalue weighted by molar-refractivity contribution is 0.0785. The van der Waals surface area contributed by atoms with Gasteiger partial charge in [0.2, 0.25) is 10.0 Å². The van der Waals surface area contributed by atoms with Crippen molar-refractivity contribution in [1.29, 1.82) is 0 Å². The fraction of sp³-hybridized carbons (Fsp3) is 0.278. The Morgan fingerprint density at radius 1 is 1.16 bits per heavy atom. The van der Waals surface area contributed by atoms with E-state index < -0.39 is 10.0 Å². The van der Waals surface area contributed by atoms with Gasteiger partial charge in [-0.2, -0.15) is 0 Å². The Bertz CT molecular complexity index is 849. The number of halogens is 1. The molecule has 0 aliphatic heterocycles. The molecule has 2 aromatic carbocycles. The van der Waals surface area contributed by atoms with Crippen molar-refractivity contribution in [2.75, 3.05) is 7.05 Å². The van der Waals surface area contributed by atoms with Gasteiger partial charge in [-0.15, -0.1) is 0 Å². The van der Waals surface area contributed by atoms with Crippen LogP contribution in [0.15, 0.2) is 53.4 Å². The molecule has 25 heavy (non-hydrogen) atoms. The highest BCUT2D eigenvalue weighted by molar-refractivity contribution is 7.89. The molecule has 0 aliphatic carbocycles. The smallest absolute Gasteiger partial charge is 0.253 e. The largest absolute Gasteiger partial charge is 0.337 e. The third kappa shape index (κ3) is 5.11. The Hall–Kier alpha value is -2.25. The molecule has 0 fully saturated rings. The fourth-order valence-electron chi connectivity index (χ4n) is 2.33. The number of amides is 1. The van der Waals surface area contributed by atoms with E-state index in [9.17, 15) is 17.6 Å². The van der Waals surface area contributed by atoms with E-state index in [1.54, 1.807) is 39.1 Å². The minimum atomic E-state index is -3.67. The van der Waals surface area contributed by atoms with Crippen LogP contribution in [0.4, 0.5) is 4.39 Å². The van der Waals surface area contributed by atoms with Gasteiger partial charge in [0.1, 0.15) is 5.82 Å². The van der Waals surface area contributed by atoms with Crippen LogP contribution in [0.2, 0.25) is 0 Å². The molecular formula is C18H21FN2O3S. The second-order valence-corrected chi connectivity index (χ2v) is 7.81. The van der Waals surface area contributed by atoms with Crippen molar-refractivity contribution in [3.8, 4) is 0 Å². The van der Waals surface area contributed by atoms with E-state index in [2.05, 4.69) is 4.72 Å². The number of sulfonamides is 1. The van der Waals surface area contributed by atoms with Gasteiger partial charge in [0.05, 0.1) is 4.90 Å². The normalized spacial score (nSPS) is 11.6. The Labute approximate surface area is 147 Å². The Morgan fingerprint density at radius 2 is 1.80 bits per heavy atom. The predicted octanol–water partition coefficient (Wildman–Crippen LogP) is 2.78. The third-order valence-corrected chi connectivity index (χ3v) is 5.12. The molecule has 2 aromatic rings. The first kappa shape index (κ1) is 19.1. The lowest BCUT2D eigenvalue weighted by Crippen LogP contribution is -2.31. The van der Waals surface area contributed by atoms with Crippen LogP contribution >= 0.6 is 0 Å². The van der Waals surface area contributed by atoms with Gasteiger partial charge in [0, 0.05) is 25.2 Å². The van der Waals surface area contributed by atoms with Gasteiger partial charge < -0.3 is 4.90 Å². The average Bonchev–Trinajstić information content (AvgIpc) is 2.55. The molecule has 0 saturated heterocycles. The summed E-state index contributed by atoms with van der Waals surface area (Å²) in [5.41, 5.74) is 1.05. The number of rotatable bonds is 6. The van der Waals surface area contributed by atoms with E-state index in [0.29, 0.717) is 6.54 Å². The number of carbonyl (C=O) groups excluding carboxylic acids is 1. The van der Waals surface area contributed by atoms with Crippen LogP contribution in [0.25, 0.3) is 0 Å². The lowest BCUT2D eigenvalue weighted by atomic mass is 10.1. The minimum Gasteiger partial charge on any atom is -0.337 e. The van der Waals surface area contributed by atoms with Crippen LogP contribution in [0.3, 0.4) is 0 Å². The van der Waals surface area contributed by atoms with Crippen molar-refractivity contribution in [2.45, 2.75) is 31.3 Å². The summed E-state index contributed by atoms with van der Waals surface area (Å²) in [7, 11) is -2.06. The maximum absolute atomic E-state index is 13.0. The highest BCUT2D eigenvalue weighted by Crippen LogP contribution is 2.15. The van der Waals surface area contributed by atoms with Gasteiger partial charge in [0.25, 0.3) is 5.91 Å². The highest BCUT2D eigenvalue weighted by Gasteiger charge is 2.19. The molecule has 0 heterocycles. The van der Waals surface area contributed by atoms with Crippen molar-refractivity contribution in [2.24, 2.45) is 0 Å². The van der Waals surface area contributed by atoms with E-state index in [1.165, 1.54) is 35.2 Å². The van der Waals surface area contributed by atoms with E-state index in [4.69, 9.17) is 0 Å². The number of nitrogens with one attached hydrogen (secondary N) is 1. The number of hydrogen-bond donors (Lipinski definition) is 1. The first-order valence-electron chi connectivity index (χ1n) is 7.81. The van der Waals surface area contributed by atoms with E-state index in [-0.39, 0.29) is 28.2 Å². The summed E-state index contributed by atoms with van der Waals surface area (Å²) in [5.74, 6) is -0.654. The molecule has 0 spiro atoms. The summed E-state index contributed by atoms with van der Waals surface area (Å²) in [4.78, 5) is 14.1. The molecular weight excluding hydrogens is 343 g/mol. The topological polar surface area (TPSA) is 66.5 Å². The Balaban J connectivity index is 2.19. The molecule has 7 heteroatoms. The molecule has 0 saturated carbocycles. The van der Waals surface area contributed by atoms with Gasteiger partial charge in [0.15, 0.2) is 0 Å². The Morgan fingerprint density at radius 3 is 2.40 bits per heavy atom. The van der Waals surface area contributed by atoms with Crippen LogP contribution in [0.1, 0.15) is 29.8 Å². The van der Waals surface area contributed by atoms with Gasteiger partial charge in [-0.25, -0.2) is 17.5 Å². The third-order valence-electron chi connectivity index (χ3n) is 3.46. The molecule has 0 aromatic heterocycles. The first-order chi connectivity index (χ1) is 11.7. The summed E-state index contributed by atoms with van der Waals surface area (Å²) in [5, 5.41) is 0. The number of carbonyl (C=O) groups is 1. The van der Waals surface area contributed by atoms with Gasteiger partial charge in [-0.05, 0) is 49.7 Å². The molecule has 0 radical (unpaired) electrons. The minimum absolute atomic E-state index is 0.0437. The van der Waals surface area contributed by atoms with Crippen LogP contribution < -0.4 is 4.72 Å². The second-order valence-electron chi connectivity index (χ2n) is 6.09. The summed E-state index contributed by atoms with van der Waals surface area (Å²) < 4.78 is 39.9. The first-order valence-corrected chi connectivity index (χ1v) is 9.29. The molecule has 5 nitrogen and oxygen atoms in total. The molecule has 1 amide bonds. The SMILES string of the molecule is CC(C)NS(=O)(=O)c1cccc(C(=O)N(C)Cc2ccc(F)cc2)c1. The van der Waals surface area contributed by atoms with Crippen molar-refractivity contribution in [3.63, 3.8) is 0 Å². The average molecular weight is 364 g/mol. The van der Waals surface area contributed by atoms with Crippen LogP contribution in [0, 0.1) is 5.82 Å². The number of benzene rings is 2. The molecule has 0 atom stereocenters. The Kier molecular flexibility index (Phi) is 5.92. The lowest BCUT2D eigenvalue weighted by Gasteiger charge is -2.18. The van der Waals surface area contributed by atoms with Crippen LogP contribution in [-0.2, 0) is 16.6 Å². The van der Waals surface area contributed by atoms with Gasteiger partial charge in [-0.1, -0.05) is 18.2 Å². The highest BCUT2D eigenvalue weighted by atomic mass is 32.2. The molecule has 134 valence electrons.